The third-order valence-corrected chi connectivity index (χ3v) is 4.61. The Labute approximate surface area is 166 Å². The third-order valence-electron chi connectivity index (χ3n) is 4.37. The molecule has 0 aliphatic heterocycles. The number of aryl methyl sites for hydroxylation is 1. The Kier molecular flexibility index (Phi) is 4.90. The van der Waals surface area contributed by atoms with Gasteiger partial charge in [-0.3, -0.25) is 0 Å². The van der Waals surface area contributed by atoms with Gasteiger partial charge in [-0.05, 0) is 60.6 Å². The van der Waals surface area contributed by atoms with Gasteiger partial charge in [0.25, 0.3) is 0 Å². The predicted molar refractivity (Wildman–Crippen MR) is 114 cm³/mol. The number of fused-ring (bicyclic) bond motifs is 1. The van der Waals surface area contributed by atoms with E-state index in [4.69, 9.17) is 16.6 Å². The first-order valence-electron chi connectivity index (χ1n) is 8.77. The van der Waals surface area contributed by atoms with Crippen LogP contribution in [0, 0.1) is 6.92 Å². The minimum Gasteiger partial charge on any atom is -0.423 e. The molecule has 0 aliphatic carbocycles. The van der Waals surface area contributed by atoms with Crippen molar-refractivity contribution in [1.29, 1.82) is 0 Å². The summed E-state index contributed by atoms with van der Waals surface area (Å²) >= 11 is 5.37. The Bertz CT molecular complexity index is 1180. The van der Waals surface area contributed by atoms with E-state index in [9.17, 15) is 4.79 Å². The molecule has 0 spiro atoms. The van der Waals surface area contributed by atoms with Crippen molar-refractivity contribution in [2.24, 2.45) is 0 Å². The van der Waals surface area contributed by atoms with E-state index < -0.39 is 0 Å². The summed E-state index contributed by atoms with van der Waals surface area (Å²) in [5.74, 6) is 0. The summed E-state index contributed by atoms with van der Waals surface area (Å²) in [6.45, 7) is 2.48. The average Bonchev–Trinajstić information content (AvgIpc) is 3.21. The Hall–Kier alpha value is -3.45. The molecule has 4 rings (SSSR count). The molecule has 0 fully saturated rings. The Morgan fingerprint density at radius 2 is 2.00 bits per heavy atom. The zero-order chi connectivity index (χ0) is 19.5. The number of rotatable bonds is 4. The molecule has 0 unspecified atom stereocenters. The second-order valence-electron chi connectivity index (χ2n) is 6.38. The normalized spacial score (nSPS) is 10.8. The number of nitrogens with one attached hydrogen (secondary N) is 2. The number of anilines is 1. The van der Waals surface area contributed by atoms with Crippen LogP contribution >= 0.6 is 12.2 Å². The van der Waals surface area contributed by atoms with Gasteiger partial charge in [0.05, 0.1) is 5.69 Å². The van der Waals surface area contributed by atoms with Gasteiger partial charge >= 0.3 is 5.63 Å². The molecule has 0 aliphatic rings. The van der Waals surface area contributed by atoms with E-state index >= 15 is 0 Å². The van der Waals surface area contributed by atoms with Crippen molar-refractivity contribution in [2.45, 2.75) is 13.5 Å². The Morgan fingerprint density at radius 1 is 1.18 bits per heavy atom. The first kappa shape index (κ1) is 17.9. The molecular weight excluding hydrogens is 372 g/mol. The van der Waals surface area contributed by atoms with Gasteiger partial charge < -0.3 is 15.1 Å². The van der Waals surface area contributed by atoms with Crippen LogP contribution in [0.25, 0.3) is 16.7 Å². The second-order valence-corrected chi connectivity index (χ2v) is 6.79. The Morgan fingerprint density at radius 3 is 2.75 bits per heavy atom. The van der Waals surface area contributed by atoms with Gasteiger partial charge in [-0.25, -0.2) is 9.48 Å². The highest BCUT2D eigenvalue weighted by atomic mass is 32.1. The van der Waals surface area contributed by atoms with Crippen molar-refractivity contribution in [3.63, 3.8) is 0 Å². The number of nitrogens with zero attached hydrogens (tertiary/aromatic N) is 2. The number of hydrogen-bond donors (Lipinski definition) is 2. The van der Waals surface area contributed by atoms with E-state index in [0.717, 1.165) is 27.9 Å². The summed E-state index contributed by atoms with van der Waals surface area (Å²) in [6, 6.07) is 17.0. The number of aromatic nitrogens is 2. The van der Waals surface area contributed by atoms with Crippen LogP contribution in [-0.4, -0.2) is 14.9 Å². The summed E-state index contributed by atoms with van der Waals surface area (Å²) in [5.41, 5.74) is 3.92. The van der Waals surface area contributed by atoms with Crippen LogP contribution < -0.4 is 16.3 Å². The molecule has 0 bridgehead atoms. The quantitative estimate of drug-likeness (QED) is 0.408. The van der Waals surface area contributed by atoms with E-state index in [-0.39, 0.29) is 5.63 Å². The maximum Gasteiger partial charge on any atom is 0.336 e. The lowest BCUT2D eigenvalue weighted by Crippen LogP contribution is -2.27. The Balaban J connectivity index is 1.39. The van der Waals surface area contributed by atoms with E-state index in [1.165, 1.54) is 6.07 Å². The molecule has 2 aromatic carbocycles. The largest absolute Gasteiger partial charge is 0.423 e. The fourth-order valence-corrected chi connectivity index (χ4v) is 3.14. The van der Waals surface area contributed by atoms with E-state index in [1.54, 1.807) is 12.3 Å². The van der Waals surface area contributed by atoms with Crippen LogP contribution in [0.4, 0.5) is 5.69 Å². The summed E-state index contributed by atoms with van der Waals surface area (Å²) in [4.78, 5) is 11.6. The van der Waals surface area contributed by atoms with Crippen molar-refractivity contribution in [2.75, 3.05) is 5.32 Å². The summed E-state index contributed by atoms with van der Waals surface area (Å²) < 4.78 is 7.08. The SMILES string of the molecule is Cc1cc(=O)oc2cc(NC(=S)NCc3ccc(-n4cccn4)cc3)ccc12. The van der Waals surface area contributed by atoms with Crippen LogP contribution in [0.15, 0.2) is 76.2 Å². The number of thiocarbonyl (C=S) groups is 1. The fourth-order valence-electron chi connectivity index (χ4n) is 2.95. The van der Waals surface area contributed by atoms with E-state index in [2.05, 4.69) is 15.7 Å². The number of hydrogen-bond acceptors (Lipinski definition) is 4. The van der Waals surface area contributed by atoms with Gasteiger partial charge in [0, 0.05) is 42.1 Å². The molecular formula is C21H18N4O2S. The summed E-state index contributed by atoms with van der Waals surface area (Å²) in [5, 5.41) is 11.9. The lowest BCUT2D eigenvalue weighted by molar-refractivity contribution is 0.560. The zero-order valence-corrected chi connectivity index (χ0v) is 16.0. The van der Waals surface area contributed by atoms with E-state index in [0.29, 0.717) is 17.2 Å². The average molecular weight is 390 g/mol. The molecule has 2 heterocycles. The fraction of sp³-hybridized carbons (Fsp3) is 0.0952. The molecule has 0 saturated heterocycles. The summed E-state index contributed by atoms with van der Waals surface area (Å²) in [7, 11) is 0. The van der Waals surface area contributed by atoms with E-state index in [1.807, 2.05) is 60.3 Å². The van der Waals surface area contributed by atoms with Crippen LogP contribution in [0.1, 0.15) is 11.1 Å². The van der Waals surface area contributed by atoms with Crippen LogP contribution in [0.3, 0.4) is 0 Å². The molecule has 2 aromatic heterocycles. The lowest BCUT2D eigenvalue weighted by Gasteiger charge is -2.12. The molecule has 2 N–H and O–H groups in total. The lowest BCUT2D eigenvalue weighted by atomic mass is 10.1. The van der Waals surface area contributed by atoms with Crippen molar-refractivity contribution in [1.82, 2.24) is 15.1 Å². The van der Waals surface area contributed by atoms with Crippen LogP contribution in [-0.2, 0) is 6.54 Å². The second kappa shape index (κ2) is 7.66. The van der Waals surface area contributed by atoms with Crippen LogP contribution in [0.2, 0.25) is 0 Å². The molecule has 0 radical (unpaired) electrons. The molecule has 4 aromatic rings. The molecule has 28 heavy (non-hydrogen) atoms. The van der Waals surface area contributed by atoms with Gasteiger partial charge in [-0.2, -0.15) is 5.10 Å². The highest BCUT2D eigenvalue weighted by Gasteiger charge is 2.05. The van der Waals surface area contributed by atoms with Crippen molar-refractivity contribution < 1.29 is 4.42 Å². The third kappa shape index (κ3) is 3.94. The van der Waals surface area contributed by atoms with Gasteiger partial charge in [0.15, 0.2) is 5.11 Å². The smallest absolute Gasteiger partial charge is 0.336 e. The highest BCUT2D eigenvalue weighted by Crippen LogP contribution is 2.20. The maximum atomic E-state index is 11.6. The molecule has 0 amide bonds. The standard InChI is InChI=1S/C21H18N4O2S/c1-14-11-20(26)27-19-12-16(5-8-18(14)19)24-21(28)22-13-15-3-6-17(7-4-15)25-10-2-9-23-25/h2-12H,13H2,1H3,(H2,22,24,28). The van der Waals surface area contributed by atoms with Crippen molar-refractivity contribution in [3.8, 4) is 5.69 Å². The van der Waals surface area contributed by atoms with Gasteiger partial charge in [0.1, 0.15) is 5.58 Å². The first-order chi connectivity index (χ1) is 13.6. The molecule has 140 valence electrons. The summed E-state index contributed by atoms with van der Waals surface area (Å²) in [6.07, 6.45) is 3.65. The maximum absolute atomic E-state index is 11.6. The van der Waals surface area contributed by atoms with Gasteiger partial charge in [-0.1, -0.05) is 12.1 Å². The van der Waals surface area contributed by atoms with Crippen molar-refractivity contribution in [3.05, 3.63) is 88.5 Å². The number of benzene rings is 2. The predicted octanol–water partition coefficient (Wildman–Crippen LogP) is 3.77. The monoisotopic (exact) mass is 390 g/mol. The highest BCUT2D eigenvalue weighted by molar-refractivity contribution is 7.80. The molecule has 0 atom stereocenters. The minimum absolute atomic E-state index is 0.360. The first-order valence-corrected chi connectivity index (χ1v) is 9.18. The molecule has 0 saturated carbocycles. The van der Waals surface area contributed by atoms with Crippen LogP contribution in [0.5, 0.6) is 0 Å². The van der Waals surface area contributed by atoms with Gasteiger partial charge in [-0.15, -0.1) is 0 Å². The molecule has 7 heteroatoms. The molecule has 6 nitrogen and oxygen atoms in total. The topological polar surface area (TPSA) is 72.1 Å². The van der Waals surface area contributed by atoms with Gasteiger partial charge in [0.2, 0.25) is 0 Å². The minimum atomic E-state index is -0.360. The zero-order valence-electron chi connectivity index (χ0n) is 15.2. The van der Waals surface area contributed by atoms with Crippen molar-refractivity contribution >= 4 is 34.0 Å².